The number of aliphatic hydroxyl groups excluding tert-OH is 1. The Morgan fingerprint density at radius 1 is 1.23 bits per heavy atom. The summed E-state index contributed by atoms with van der Waals surface area (Å²) in [6.07, 6.45) is 0.700. The summed E-state index contributed by atoms with van der Waals surface area (Å²) in [5.41, 5.74) is 2.67. The molecule has 6 heteroatoms. The highest BCUT2D eigenvalue weighted by molar-refractivity contribution is 5.33. The largest absolute Gasteiger partial charge is 0.390 e. The third kappa shape index (κ3) is 3.49. The molecule has 0 saturated carbocycles. The molecule has 2 atom stereocenters. The van der Waals surface area contributed by atoms with E-state index in [9.17, 15) is 9.90 Å². The molecule has 3 rings (SSSR count). The lowest BCUT2D eigenvalue weighted by atomic mass is 10.2. The Hall–Kier alpha value is -1.89. The zero-order valence-electron chi connectivity index (χ0n) is 16.2. The summed E-state index contributed by atoms with van der Waals surface area (Å²) in [6.45, 7) is 7.08. The van der Waals surface area contributed by atoms with Crippen molar-refractivity contribution in [3.05, 3.63) is 51.9 Å². The van der Waals surface area contributed by atoms with Crippen LogP contribution in [0.2, 0.25) is 0 Å². The number of rotatable bonds is 6. The summed E-state index contributed by atoms with van der Waals surface area (Å²) in [4.78, 5) is 17.5. The Morgan fingerprint density at radius 3 is 2.58 bits per heavy atom. The van der Waals surface area contributed by atoms with E-state index in [1.165, 1.54) is 0 Å². The van der Waals surface area contributed by atoms with Gasteiger partial charge in [0, 0.05) is 38.4 Å². The molecule has 6 nitrogen and oxygen atoms in total. The molecule has 0 bridgehead atoms. The van der Waals surface area contributed by atoms with Crippen LogP contribution in [-0.2, 0) is 13.6 Å². The number of benzene rings is 1. The minimum atomic E-state index is -0.369. The molecule has 1 aromatic heterocycles. The number of aliphatic hydroxyl groups is 1. The fourth-order valence-electron chi connectivity index (χ4n) is 3.96. The number of hydrogen-bond donors (Lipinski definition) is 1. The summed E-state index contributed by atoms with van der Waals surface area (Å²) < 4.78 is 3.64. The standard InChI is InChI=1S/C20H30N4O2/c1-5-11-21(3)18-13-23(14-19(18)25)12-17-15(2)22(4)24(20(17)26)16-9-7-6-8-10-16/h6-10,18-19,25H,5,11-14H2,1-4H3/t18-,19-/m0/s1. The van der Waals surface area contributed by atoms with Crippen LogP contribution in [0.15, 0.2) is 35.1 Å². The monoisotopic (exact) mass is 358 g/mol. The van der Waals surface area contributed by atoms with E-state index < -0.39 is 0 Å². The molecule has 1 saturated heterocycles. The molecule has 2 heterocycles. The van der Waals surface area contributed by atoms with Crippen molar-refractivity contribution in [3.8, 4) is 5.69 Å². The zero-order valence-corrected chi connectivity index (χ0v) is 16.2. The van der Waals surface area contributed by atoms with Crippen LogP contribution in [0.25, 0.3) is 5.69 Å². The third-order valence-electron chi connectivity index (χ3n) is 5.53. The van der Waals surface area contributed by atoms with Gasteiger partial charge < -0.3 is 5.11 Å². The van der Waals surface area contributed by atoms with Crippen molar-refractivity contribution in [3.63, 3.8) is 0 Å². The van der Waals surface area contributed by atoms with E-state index >= 15 is 0 Å². The van der Waals surface area contributed by atoms with E-state index in [-0.39, 0.29) is 17.7 Å². The lowest BCUT2D eigenvalue weighted by Crippen LogP contribution is -2.41. The molecule has 1 aromatic carbocycles. The zero-order chi connectivity index (χ0) is 18.8. The highest BCUT2D eigenvalue weighted by atomic mass is 16.3. The van der Waals surface area contributed by atoms with E-state index in [4.69, 9.17) is 0 Å². The molecule has 2 aromatic rings. The minimum Gasteiger partial charge on any atom is -0.390 e. The molecule has 1 aliphatic heterocycles. The molecule has 1 aliphatic rings. The SMILES string of the molecule is CCCN(C)[C@H]1CN(Cc2c(C)n(C)n(-c3ccccc3)c2=O)C[C@@H]1O. The van der Waals surface area contributed by atoms with Gasteiger partial charge in [0.05, 0.1) is 17.4 Å². The quantitative estimate of drug-likeness (QED) is 0.847. The normalized spacial score (nSPS) is 21.0. The van der Waals surface area contributed by atoms with Gasteiger partial charge in [-0.2, -0.15) is 0 Å². The maximum atomic E-state index is 13.0. The number of likely N-dealkylation sites (tertiary alicyclic amines) is 1. The predicted molar refractivity (Wildman–Crippen MR) is 104 cm³/mol. The van der Waals surface area contributed by atoms with Crippen molar-refractivity contribution in [2.24, 2.45) is 7.05 Å². The minimum absolute atomic E-state index is 0.0241. The van der Waals surface area contributed by atoms with Crippen molar-refractivity contribution in [2.75, 3.05) is 26.7 Å². The smallest absolute Gasteiger partial charge is 0.276 e. The maximum Gasteiger partial charge on any atom is 0.276 e. The third-order valence-corrected chi connectivity index (χ3v) is 5.53. The Kier molecular flexibility index (Phi) is 5.65. The summed E-state index contributed by atoms with van der Waals surface area (Å²) in [6, 6.07) is 9.85. The molecule has 0 spiro atoms. The van der Waals surface area contributed by atoms with Crippen LogP contribution < -0.4 is 5.56 Å². The highest BCUT2D eigenvalue weighted by Crippen LogP contribution is 2.19. The first-order valence-corrected chi connectivity index (χ1v) is 9.37. The van der Waals surface area contributed by atoms with Crippen LogP contribution in [0.3, 0.4) is 0 Å². The molecule has 0 unspecified atom stereocenters. The second-order valence-corrected chi connectivity index (χ2v) is 7.35. The summed E-state index contributed by atoms with van der Waals surface area (Å²) in [7, 11) is 3.99. The maximum absolute atomic E-state index is 13.0. The van der Waals surface area contributed by atoms with Gasteiger partial charge >= 0.3 is 0 Å². The Morgan fingerprint density at radius 2 is 1.92 bits per heavy atom. The Bertz CT molecular complexity index is 796. The van der Waals surface area contributed by atoms with Crippen LogP contribution in [0, 0.1) is 6.92 Å². The fraction of sp³-hybridized carbons (Fsp3) is 0.550. The molecule has 1 fully saturated rings. The van der Waals surface area contributed by atoms with E-state index in [2.05, 4.69) is 23.8 Å². The molecule has 26 heavy (non-hydrogen) atoms. The number of likely N-dealkylation sites (N-methyl/N-ethyl adjacent to an activating group) is 1. The second kappa shape index (κ2) is 7.78. The van der Waals surface area contributed by atoms with Gasteiger partial charge in [0.25, 0.3) is 5.56 Å². The van der Waals surface area contributed by atoms with Gasteiger partial charge in [-0.15, -0.1) is 0 Å². The van der Waals surface area contributed by atoms with Gasteiger partial charge in [-0.1, -0.05) is 25.1 Å². The van der Waals surface area contributed by atoms with Crippen LogP contribution in [0.1, 0.15) is 24.6 Å². The van der Waals surface area contributed by atoms with Crippen LogP contribution >= 0.6 is 0 Å². The molecule has 142 valence electrons. The van der Waals surface area contributed by atoms with E-state index in [0.717, 1.165) is 36.5 Å². The second-order valence-electron chi connectivity index (χ2n) is 7.35. The van der Waals surface area contributed by atoms with Crippen molar-refractivity contribution in [1.29, 1.82) is 0 Å². The van der Waals surface area contributed by atoms with Gasteiger partial charge in [0.15, 0.2) is 0 Å². The van der Waals surface area contributed by atoms with Crippen molar-refractivity contribution < 1.29 is 5.11 Å². The molecule has 0 radical (unpaired) electrons. The molecule has 0 amide bonds. The predicted octanol–water partition coefficient (Wildman–Crippen LogP) is 1.37. The van der Waals surface area contributed by atoms with Crippen molar-refractivity contribution >= 4 is 0 Å². The van der Waals surface area contributed by atoms with Gasteiger partial charge in [-0.25, -0.2) is 4.68 Å². The Balaban J connectivity index is 1.83. The molecular weight excluding hydrogens is 328 g/mol. The number of β-amino-alcohol motifs (C(OH)–C–C–N with tert-alkyl or cyclic N) is 1. The Labute approximate surface area is 155 Å². The number of para-hydroxylation sites is 1. The van der Waals surface area contributed by atoms with Crippen LogP contribution in [0.5, 0.6) is 0 Å². The van der Waals surface area contributed by atoms with Gasteiger partial charge in [-0.05, 0) is 39.1 Å². The van der Waals surface area contributed by atoms with Gasteiger partial charge in [0.2, 0.25) is 0 Å². The first kappa shape index (κ1) is 18.9. The summed E-state index contributed by atoms with van der Waals surface area (Å²) >= 11 is 0. The number of aromatic nitrogens is 2. The van der Waals surface area contributed by atoms with Crippen molar-refractivity contribution in [1.82, 2.24) is 19.2 Å². The lowest BCUT2D eigenvalue weighted by molar-refractivity contribution is 0.0988. The topological polar surface area (TPSA) is 53.6 Å². The highest BCUT2D eigenvalue weighted by Gasteiger charge is 2.34. The molecule has 0 aliphatic carbocycles. The van der Waals surface area contributed by atoms with E-state index in [0.29, 0.717) is 13.1 Å². The first-order valence-electron chi connectivity index (χ1n) is 9.37. The summed E-state index contributed by atoms with van der Waals surface area (Å²) in [5.74, 6) is 0. The van der Waals surface area contributed by atoms with Gasteiger partial charge in [-0.3, -0.25) is 19.3 Å². The molecular formula is C20H30N4O2. The van der Waals surface area contributed by atoms with E-state index in [1.54, 1.807) is 4.68 Å². The number of nitrogens with zero attached hydrogens (tertiary/aromatic N) is 4. The summed E-state index contributed by atoms with van der Waals surface area (Å²) in [5, 5.41) is 10.4. The van der Waals surface area contributed by atoms with Gasteiger partial charge in [0.1, 0.15) is 0 Å². The lowest BCUT2D eigenvalue weighted by Gasteiger charge is -2.25. The fourth-order valence-corrected chi connectivity index (χ4v) is 3.96. The molecule has 1 N–H and O–H groups in total. The van der Waals surface area contributed by atoms with Crippen molar-refractivity contribution in [2.45, 2.75) is 39.0 Å². The average Bonchev–Trinajstić information content (AvgIpc) is 3.09. The van der Waals surface area contributed by atoms with Crippen LogP contribution in [-0.4, -0.2) is 63.1 Å². The number of hydrogen-bond acceptors (Lipinski definition) is 4. The average molecular weight is 358 g/mol. The first-order chi connectivity index (χ1) is 12.4. The van der Waals surface area contributed by atoms with Crippen LogP contribution in [0.4, 0.5) is 0 Å². The van der Waals surface area contributed by atoms with E-state index in [1.807, 2.05) is 49.0 Å².